The fourth-order valence-electron chi connectivity index (χ4n) is 1.85. The van der Waals surface area contributed by atoms with Gasteiger partial charge in [0.2, 0.25) is 0 Å². The van der Waals surface area contributed by atoms with Crippen molar-refractivity contribution < 1.29 is 14.6 Å². The van der Waals surface area contributed by atoms with Crippen LogP contribution >= 0.6 is 11.8 Å². The number of hydrogen-bond acceptors (Lipinski definition) is 5. The number of imidazole rings is 1. The molecule has 2 aromatic heterocycles. The largest absolute Gasteiger partial charge is 0.481 e. The molecule has 0 radical (unpaired) electrons. The minimum absolute atomic E-state index is 0.00103. The third kappa shape index (κ3) is 3.10. The minimum atomic E-state index is -0.863. The molecule has 0 spiro atoms. The summed E-state index contributed by atoms with van der Waals surface area (Å²) in [7, 11) is 1.65. The zero-order valence-electron chi connectivity index (χ0n) is 11.7. The van der Waals surface area contributed by atoms with Crippen LogP contribution in [0, 0.1) is 6.92 Å². The Labute approximate surface area is 121 Å². The molecule has 2 aromatic rings. The molecule has 0 aromatic carbocycles. The van der Waals surface area contributed by atoms with Crippen LogP contribution in [0.4, 0.5) is 0 Å². The van der Waals surface area contributed by atoms with Gasteiger partial charge in [-0.05, 0) is 25.5 Å². The molecule has 1 atom stereocenters. The second kappa shape index (κ2) is 6.23. The van der Waals surface area contributed by atoms with E-state index < -0.39 is 5.97 Å². The molecule has 0 amide bonds. The predicted molar refractivity (Wildman–Crippen MR) is 77.1 cm³/mol. The summed E-state index contributed by atoms with van der Waals surface area (Å²) in [5.41, 5.74) is 2.60. The highest BCUT2D eigenvalue weighted by molar-refractivity contribution is 7.99. The smallest absolute Gasteiger partial charge is 0.313 e. The molecule has 0 fully saturated rings. The number of pyridine rings is 1. The van der Waals surface area contributed by atoms with Crippen molar-refractivity contribution in [2.45, 2.75) is 31.7 Å². The van der Waals surface area contributed by atoms with Crippen molar-refractivity contribution in [1.29, 1.82) is 0 Å². The van der Waals surface area contributed by atoms with E-state index in [1.165, 1.54) is 11.8 Å². The summed E-state index contributed by atoms with van der Waals surface area (Å²) in [4.78, 5) is 19.6. The molecule has 0 saturated carbocycles. The van der Waals surface area contributed by atoms with E-state index in [4.69, 9.17) is 9.84 Å². The number of fused-ring (bicyclic) bond motifs is 1. The normalized spacial score (nSPS) is 12.8. The van der Waals surface area contributed by atoms with Crippen LogP contribution in [0.15, 0.2) is 17.4 Å². The number of carboxylic acids is 1. The molecule has 7 heteroatoms. The fourth-order valence-corrected chi connectivity index (χ4v) is 2.58. The molecule has 0 aliphatic rings. The van der Waals surface area contributed by atoms with Crippen LogP contribution in [0.1, 0.15) is 12.5 Å². The topological polar surface area (TPSA) is 77.2 Å². The van der Waals surface area contributed by atoms with E-state index >= 15 is 0 Å². The monoisotopic (exact) mass is 295 g/mol. The summed E-state index contributed by atoms with van der Waals surface area (Å²) in [6.45, 7) is 4.51. The van der Waals surface area contributed by atoms with E-state index in [9.17, 15) is 4.79 Å². The summed E-state index contributed by atoms with van der Waals surface area (Å²) < 4.78 is 7.20. The maximum atomic E-state index is 10.7. The molecule has 2 heterocycles. The number of carbonyl (C=O) groups is 1. The van der Waals surface area contributed by atoms with Crippen LogP contribution in [0.2, 0.25) is 0 Å². The van der Waals surface area contributed by atoms with Crippen LogP contribution in [-0.4, -0.2) is 44.6 Å². The number of ether oxygens (including phenoxy) is 1. The highest BCUT2D eigenvalue weighted by atomic mass is 32.2. The van der Waals surface area contributed by atoms with Crippen molar-refractivity contribution in [3.63, 3.8) is 0 Å². The summed E-state index contributed by atoms with van der Waals surface area (Å²) in [5.74, 6) is -0.887. The summed E-state index contributed by atoms with van der Waals surface area (Å²) in [6, 6.07) is 1.89. The molecular formula is C13H17N3O3S. The van der Waals surface area contributed by atoms with E-state index in [0.29, 0.717) is 11.7 Å². The lowest BCUT2D eigenvalue weighted by Crippen LogP contribution is -2.16. The molecule has 1 N–H and O–H groups in total. The second-order valence-electron chi connectivity index (χ2n) is 4.53. The molecule has 0 saturated heterocycles. The second-order valence-corrected chi connectivity index (χ2v) is 5.48. The van der Waals surface area contributed by atoms with E-state index in [0.717, 1.165) is 16.7 Å². The first-order valence-electron chi connectivity index (χ1n) is 6.22. The standard InChI is InChI=1S/C13H17N3O3S/c1-8-4-5-14-12-11(8)15-13(20-7-10(17)18)16(12)6-9(2)19-3/h4-5,9H,6-7H2,1-3H3,(H,17,18). The number of aryl methyl sites for hydroxylation is 1. The summed E-state index contributed by atoms with van der Waals surface area (Å²) in [6.07, 6.45) is 1.73. The highest BCUT2D eigenvalue weighted by Crippen LogP contribution is 2.25. The number of carboxylic acid groups (broad SMARTS) is 1. The third-order valence-electron chi connectivity index (χ3n) is 2.97. The molecule has 2 rings (SSSR count). The van der Waals surface area contributed by atoms with E-state index in [1.54, 1.807) is 13.3 Å². The summed E-state index contributed by atoms with van der Waals surface area (Å²) in [5, 5.41) is 9.49. The van der Waals surface area contributed by atoms with Crippen molar-refractivity contribution in [2.75, 3.05) is 12.9 Å². The lowest BCUT2D eigenvalue weighted by molar-refractivity contribution is -0.133. The van der Waals surface area contributed by atoms with Gasteiger partial charge in [-0.25, -0.2) is 9.97 Å². The number of methoxy groups -OCH3 is 1. The van der Waals surface area contributed by atoms with Crippen molar-refractivity contribution in [2.24, 2.45) is 0 Å². The van der Waals surface area contributed by atoms with Gasteiger partial charge in [-0.15, -0.1) is 0 Å². The Morgan fingerprint density at radius 3 is 3.00 bits per heavy atom. The van der Waals surface area contributed by atoms with Gasteiger partial charge in [0.25, 0.3) is 0 Å². The predicted octanol–water partition coefficient (Wildman–Crippen LogP) is 1.95. The highest BCUT2D eigenvalue weighted by Gasteiger charge is 2.16. The number of nitrogens with zero attached hydrogens (tertiary/aromatic N) is 3. The molecule has 6 nitrogen and oxygen atoms in total. The van der Waals surface area contributed by atoms with Gasteiger partial charge in [-0.3, -0.25) is 4.79 Å². The van der Waals surface area contributed by atoms with E-state index in [-0.39, 0.29) is 11.9 Å². The lowest BCUT2D eigenvalue weighted by atomic mass is 10.3. The number of aromatic nitrogens is 3. The fraction of sp³-hybridized carbons (Fsp3) is 0.462. The molecule has 20 heavy (non-hydrogen) atoms. The number of hydrogen-bond donors (Lipinski definition) is 1. The van der Waals surface area contributed by atoms with Crippen molar-refractivity contribution in [3.05, 3.63) is 17.8 Å². The van der Waals surface area contributed by atoms with Crippen LogP contribution in [-0.2, 0) is 16.1 Å². The first-order valence-corrected chi connectivity index (χ1v) is 7.20. The van der Waals surface area contributed by atoms with Gasteiger partial charge in [0.05, 0.1) is 18.4 Å². The van der Waals surface area contributed by atoms with Gasteiger partial charge in [0.15, 0.2) is 10.8 Å². The van der Waals surface area contributed by atoms with E-state index in [1.807, 2.05) is 24.5 Å². The molecule has 0 aliphatic carbocycles. The molecule has 0 bridgehead atoms. The average Bonchev–Trinajstić information content (AvgIpc) is 2.76. The van der Waals surface area contributed by atoms with Crippen LogP contribution < -0.4 is 0 Å². The SMILES string of the molecule is COC(C)Cn1c(SCC(=O)O)nc2c(C)ccnc21. The van der Waals surface area contributed by atoms with Crippen LogP contribution in [0.3, 0.4) is 0 Å². The zero-order valence-corrected chi connectivity index (χ0v) is 12.5. The maximum absolute atomic E-state index is 10.7. The van der Waals surface area contributed by atoms with Gasteiger partial charge in [-0.1, -0.05) is 11.8 Å². The number of rotatable bonds is 6. The summed E-state index contributed by atoms with van der Waals surface area (Å²) >= 11 is 1.20. The molecule has 1 unspecified atom stereocenters. The molecule has 0 aliphatic heterocycles. The Bertz CT molecular complexity index is 627. The van der Waals surface area contributed by atoms with Gasteiger partial charge in [0, 0.05) is 13.3 Å². The maximum Gasteiger partial charge on any atom is 0.313 e. The van der Waals surface area contributed by atoms with Crippen molar-refractivity contribution in [3.8, 4) is 0 Å². The van der Waals surface area contributed by atoms with Gasteiger partial charge >= 0.3 is 5.97 Å². The zero-order chi connectivity index (χ0) is 14.7. The number of thioether (sulfide) groups is 1. The Kier molecular flexibility index (Phi) is 4.61. The van der Waals surface area contributed by atoms with Gasteiger partial charge in [0.1, 0.15) is 5.52 Å². The lowest BCUT2D eigenvalue weighted by Gasteiger charge is -2.12. The van der Waals surface area contributed by atoms with Gasteiger partial charge in [-0.2, -0.15) is 0 Å². The average molecular weight is 295 g/mol. The van der Waals surface area contributed by atoms with E-state index in [2.05, 4.69) is 9.97 Å². The third-order valence-corrected chi connectivity index (χ3v) is 3.93. The first-order chi connectivity index (χ1) is 9.52. The molecular weight excluding hydrogens is 278 g/mol. The quantitative estimate of drug-likeness (QED) is 0.821. The Morgan fingerprint density at radius 1 is 1.60 bits per heavy atom. The minimum Gasteiger partial charge on any atom is -0.481 e. The van der Waals surface area contributed by atoms with Crippen LogP contribution in [0.25, 0.3) is 11.2 Å². The first kappa shape index (κ1) is 14.8. The van der Waals surface area contributed by atoms with Crippen LogP contribution in [0.5, 0.6) is 0 Å². The molecule has 108 valence electrons. The van der Waals surface area contributed by atoms with Crippen molar-refractivity contribution in [1.82, 2.24) is 14.5 Å². The number of aliphatic carboxylic acids is 1. The Morgan fingerprint density at radius 2 is 2.35 bits per heavy atom. The Hall–Kier alpha value is -1.60. The van der Waals surface area contributed by atoms with Crippen molar-refractivity contribution >= 4 is 28.9 Å². The van der Waals surface area contributed by atoms with Gasteiger partial charge < -0.3 is 14.4 Å². The Balaban J connectivity index is 2.45.